The van der Waals surface area contributed by atoms with Gasteiger partial charge in [-0.15, -0.1) is 0 Å². The van der Waals surface area contributed by atoms with E-state index in [9.17, 15) is 9.59 Å². The monoisotopic (exact) mass is 417 g/mol. The Morgan fingerprint density at radius 1 is 1.23 bits per heavy atom. The molecule has 4 rings (SSSR count). The Kier molecular flexibility index (Phi) is 5.58. The van der Waals surface area contributed by atoms with Crippen LogP contribution >= 0.6 is 0 Å². The van der Waals surface area contributed by atoms with Crippen LogP contribution in [0.5, 0.6) is 5.75 Å². The highest BCUT2D eigenvalue weighted by Gasteiger charge is 2.38. The molecule has 1 atom stereocenters. The molecule has 0 aliphatic carbocycles. The van der Waals surface area contributed by atoms with Gasteiger partial charge in [-0.1, -0.05) is 36.4 Å². The number of ether oxygens (including phenoxy) is 2. The van der Waals surface area contributed by atoms with Gasteiger partial charge in [-0.2, -0.15) is 0 Å². The minimum absolute atomic E-state index is 0.0750. The van der Waals surface area contributed by atoms with E-state index in [2.05, 4.69) is 4.98 Å². The molecule has 31 heavy (non-hydrogen) atoms. The maximum Gasteiger partial charge on any atom is 0.340 e. The molecule has 2 N–H and O–H groups in total. The van der Waals surface area contributed by atoms with Crippen LogP contribution < -0.4 is 16.0 Å². The summed E-state index contributed by atoms with van der Waals surface area (Å²) in [5.74, 6) is -1.11. The fourth-order valence-electron chi connectivity index (χ4n) is 3.94. The summed E-state index contributed by atoms with van der Waals surface area (Å²) in [5, 5.41) is 0. The maximum atomic E-state index is 13.6. The second-order valence-electron chi connectivity index (χ2n) is 7.35. The molecule has 3 heterocycles. The molecule has 0 bridgehead atoms. The van der Waals surface area contributed by atoms with Gasteiger partial charge in [0.05, 0.1) is 18.6 Å². The number of aryl methyl sites for hydroxylation is 2. The van der Waals surface area contributed by atoms with Crippen LogP contribution in [-0.2, 0) is 22.5 Å². The first-order valence-corrected chi connectivity index (χ1v) is 9.95. The summed E-state index contributed by atoms with van der Waals surface area (Å²) >= 11 is 0. The zero-order valence-electron chi connectivity index (χ0n) is 17.4. The van der Waals surface area contributed by atoms with Crippen molar-refractivity contribution in [2.45, 2.75) is 25.8 Å². The summed E-state index contributed by atoms with van der Waals surface area (Å²) in [6.07, 6.45) is 3.94. The molecule has 1 aliphatic rings. The van der Waals surface area contributed by atoms with Crippen molar-refractivity contribution in [1.82, 2.24) is 9.55 Å². The number of nitrogens with zero attached hydrogens (tertiary/aromatic N) is 2. The van der Waals surface area contributed by atoms with E-state index in [0.29, 0.717) is 29.8 Å². The third-order valence-corrected chi connectivity index (χ3v) is 5.46. The van der Waals surface area contributed by atoms with Crippen LogP contribution in [0.4, 0.5) is 0 Å². The molecule has 0 amide bonds. The highest BCUT2D eigenvalue weighted by molar-refractivity contribution is 5.92. The third kappa shape index (κ3) is 3.82. The van der Waals surface area contributed by atoms with Gasteiger partial charge in [0, 0.05) is 30.7 Å². The fraction of sp³-hybridized carbons (Fsp3) is 0.208. The smallest absolute Gasteiger partial charge is 0.340 e. The number of methoxy groups -OCH3 is 1. The largest absolute Gasteiger partial charge is 0.465 e. The molecule has 3 aromatic rings. The summed E-state index contributed by atoms with van der Waals surface area (Å²) in [7, 11) is 1.27. The topological polar surface area (TPSA) is 96.4 Å². The summed E-state index contributed by atoms with van der Waals surface area (Å²) in [4.78, 5) is 30.4. The minimum Gasteiger partial charge on any atom is -0.465 e. The van der Waals surface area contributed by atoms with Crippen molar-refractivity contribution in [2.24, 2.45) is 5.73 Å². The number of aromatic nitrogens is 2. The van der Waals surface area contributed by atoms with Crippen LogP contribution in [0, 0.1) is 6.92 Å². The molecule has 1 aliphatic heterocycles. The molecule has 0 saturated heterocycles. The average Bonchev–Trinajstić information content (AvgIpc) is 2.78. The van der Waals surface area contributed by atoms with Crippen LogP contribution in [0.1, 0.15) is 28.3 Å². The van der Waals surface area contributed by atoms with Crippen LogP contribution in [0.25, 0.3) is 0 Å². The van der Waals surface area contributed by atoms with E-state index in [1.807, 2.05) is 37.3 Å². The van der Waals surface area contributed by atoms with Crippen LogP contribution in [0.15, 0.2) is 77.2 Å². The van der Waals surface area contributed by atoms with Crippen molar-refractivity contribution in [2.75, 3.05) is 7.11 Å². The first-order chi connectivity index (χ1) is 15.0. The molecule has 158 valence electrons. The number of hydrogen-bond acceptors (Lipinski definition) is 6. The Bertz CT molecular complexity index is 1200. The molecule has 0 unspecified atom stereocenters. The van der Waals surface area contributed by atoms with E-state index in [-0.39, 0.29) is 17.0 Å². The molecule has 7 nitrogen and oxygen atoms in total. The number of pyridine rings is 2. The number of carbonyl (C=O) groups is 1. The first-order valence-electron chi connectivity index (χ1n) is 9.95. The van der Waals surface area contributed by atoms with Gasteiger partial charge in [0.25, 0.3) is 5.56 Å². The average molecular weight is 417 g/mol. The number of hydrogen-bond donors (Lipinski definition) is 1. The van der Waals surface area contributed by atoms with Gasteiger partial charge in [0.1, 0.15) is 11.3 Å². The highest BCUT2D eigenvalue weighted by atomic mass is 16.5. The number of benzene rings is 1. The number of rotatable bonds is 5. The Hall–Kier alpha value is -3.87. The van der Waals surface area contributed by atoms with Crippen molar-refractivity contribution in [1.29, 1.82) is 0 Å². The van der Waals surface area contributed by atoms with E-state index >= 15 is 0 Å². The standard InChI is InChI=1S/C24H23N3O4/c1-15-13-18-20(23(28)27(15)12-10-16-7-4-3-5-8-16)19(17-9-6-11-26-14-17)21(22(25)31-18)24(29)30-2/h3-9,11,13-14,19H,10,12,25H2,1-2H3/t19-/m1/s1. The van der Waals surface area contributed by atoms with E-state index in [1.165, 1.54) is 7.11 Å². The molecule has 2 aromatic heterocycles. The number of fused-ring (bicyclic) bond motifs is 1. The first kappa shape index (κ1) is 20.4. The molecular weight excluding hydrogens is 394 g/mol. The lowest BCUT2D eigenvalue weighted by molar-refractivity contribution is -0.136. The minimum atomic E-state index is -0.735. The van der Waals surface area contributed by atoms with Gasteiger partial charge in [-0.3, -0.25) is 9.78 Å². The summed E-state index contributed by atoms with van der Waals surface area (Å²) in [6, 6.07) is 15.3. The Balaban J connectivity index is 1.85. The van der Waals surface area contributed by atoms with Crippen LogP contribution in [0.3, 0.4) is 0 Å². The molecule has 0 saturated carbocycles. The Labute approximate surface area is 179 Å². The SMILES string of the molecule is COC(=O)C1=C(N)Oc2cc(C)n(CCc3ccccc3)c(=O)c2[C@H]1c1cccnc1. The van der Waals surface area contributed by atoms with E-state index in [0.717, 1.165) is 11.3 Å². The fourth-order valence-corrected chi connectivity index (χ4v) is 3.94. The molecule has 0 spiro atoms. The molecule has 0 radical (unpaired) electrons. The lowest BCUT2D eigenvalue weighted by Gasteiger charge is -2.28. The van der Waals surface area contributed by atoms with Gasteiger partial charge < -0.3 is 19.8 Å². The lowest BCUT2D eigenvalue weighted by atomic mass is 9.84. The van der Waals surface area contributed by atoms with Gasteiger partial charge >= 0.3 is 5.97 Å². The van der Waals surface area contributed by atoms with Gasteiger partial charge in [-0.25, -0.2) is 4.79 Å². The van der Waals surface area contributed by atoms with Crippen LogP contribution in [-0.4, -0.2) is 22.6 Å². The summed E-state index contributed by atoms with van der Waals surface area (Å²) in [5.41, 5.74) is 8.85. The summed E-state index contributed by atoms with van der Waals surface area (Å²) < 4.78 is 12.4. The summed E-state index contributed by atoms with van der Waals surface area (Å²) in [6.45, 7) is 2.35. The number of esters is 1. The highest BCUT2D eigenvalue weighted by Crippen LogP contribution is 2.40. The van der Waals surface area contributed by atoms with Crippen LogP contribution in [0.2, 0.25) is 0 Å². The van der Waals surface area contributed by atoms with Gasteiger partial charge in [0.2, 0.25) is 5.88 Å². The Morgan fingerprint density at radius 3 is 2.68 bits per heavy atom. The van der Waals surface area contributed by atoms with Crippen molar-refractivity contribution >= 4 is 5.97 Å². The second kappa shape index (κ2) is 8.47. The van der Waals surface area contributed by atoms with E-state index in [1.54, 1.807) is 35.2 Å². The Morgan fingerprint density at radius 2 is 2.00 bits per heavy atom. The van der Waals surface area contributed by atoms with Crippen molar-refractivity contribution < 1.29 is 14.3 Å². The van der Waals surface area contributed by atoms with Gasteiger partial charge in [-0.05, 0) is 30.5 Å². The van der Waals surface area contributed by atoms with E-state index in [4.69, 9.17) is 15.2 Å². The third-order valence-electron chi connectivity index (χ3n) is 5.46. The zero-order chi connectivity index (χ0) is 22.0. The molecule has 1 aromatic carbocycles. The zero-order valence-corrected chi connectivity index (χ0v) is 17.4. The lowest BCUT2D eigenvalue weighted by Crippen LogP contribution is -2.35. The normalized spacial score (nSPS) is 15.2. The predicted molar refractivity (Wildman–Crippen MR) is 116 cm³/mol. The maximum absolute atomic E-state index is 13.6. The predicted octanol–water partition coefficient (Wildman–Crippen LogP) is 2.66. The van der Waals surface area contributed by atoms with Crippen molar-refractivity contribution in [3.63, 3.8) is 0 Å². The van der Waals surface area contributed by atoms with Crippen molar-refractivity contribution in [3.8, 4) is 5.75 Å². The molecular formula is C24H23N3O4. The molecule has 0 fully saturated rings. The van der Waals surface area contributed by atoms with Crippen molar-refractivity contribution in [3.05, 3.63) is 105 Å². The van der Waals surface area contributed by atoms with E-state index < -0.39 is 11.9 Å². The second-order valence-corrected chi connectivity index (χ2v) is 7.35. The number of carbonyl (C=O) groups excluding carboxylic acids is 1. The molecule has 7 heteroatoms. The quantitative estimate of drug-likeness (QED) is 0.641. The number of nitrogens with two attached hydrogens (primary N) is 1. The van der Waals surface area contributed by atoms with Gasteiger partial charge in [0.15, 0.2) is 0 Å².